The summed E-state index contributed by atoms with van der Waals surface area (Å²) in [5.74, 6) is -0.262. The van der Waals surface area contributed by atoms with Gasteiger partial charge in [0.25, 0.3) is 0 Å². The van der Waals surface area contributed by atoms with Crippen LogP contribution in [0, 0.1) is 0 Å². The van der Waals surface area contributed by atoms with E-state index in [9.17, 15) is 9.59 Å². The Morgan fingerprint density at radius 1 is 1.68 bits per heavy atom. The van der Waals surface area contributed by atoms with Gasteiger partial charge in [-0.2, -0.15) is 0 Å². The monoisotopic (exact) mass is 412 g/mol. The van der Waals surface area contributed by atoms with Crippen molar-refractivity contribution in [2.75, 3.05) is 5.33 Å². The smallest absolute Gasteiger partial charge is 0.309 e. The zero-order valence-corrected chi connectivity index (χ0v) is 14.3. The van der Waals surface area contributed by atoms with E-state index in [0.29, 0.717) is 18.0 Å². The quantitative estimate of drug-likeness (QED) is 0.436. The minimum Gasteiger partial charge on any atom is -0.481 e. The molecule has 1 saturated heterocycles. The molecule has 1 unspecified atom stereocenters. The molecule has 0 aromatic carbocycles. The van der Waals surface area contributed by atoms with Gasteiger partial charge in [0.2, 0.25) is 5.91 Å². The number of rotatable bonds is 4. The Morgan fingerprint density at radius 3 is 2.89 bits per heavy atom. The van der Waals surface area contributed by atoms with Gasteiger partial charge in [0, 0.05) is 16.3 Å². The van der Waals surface area contributed by atoms with Crippen molar-refractivity contribution >= 4 is 62.3 Å². The number of carbonyl (C=O) groups is 2. The summed E-state index contributed by atoms with van der Waals surface area (Å²) in [4.78, 5) is 28.1. The van der Waals surface area contributed by atoms with E-state index in [2.05, 4.69) is 20.9 Å². The molecule has 8 heteroatoms. The predicted octanol–water partition coefficient (Wildman–Crippen LogP) is 2.41. The molecule has 0 aliphatic carbocycles. The molecule has 2 rings (SSSR count). The van der Waals surface area contributed by atoms with Gasteiger partial charge in [-0.3, -0.25) is 14.5 Å². The molecule has 1 fully saturated rings. The topological polar surface area (TPSA) is 70.0 Å². The molecule has 0 aromatic heterocycles. The van der Waals surface area contributed by atoms with Crippen molar-refractivity contribution in [2.24, 2.45) is 4.99 Å². The highest BCUT2D eigenvalue weighted by Crippen LogP contribution is 2.41. The summed E-state index contributed by atoms with van der Waals surface area (Å²) in [6, 6.07) is 0. The maximum absolute atomic E-state index is 11.5. The highest BCUT2D eigenvalue weighted by atomic mass is 79.9. The van der Waals surface area contributed by atoms with E-state index in [1.807, 2.05) is 6.08 Å². The van der Waals surface area contributed by atoms with E-state index in [1.54, 1.807) is 23.6 Å². The van der Waals surface area contributed by atoms with E-state index >= 15 is 0 Å². The molecule has 2 atom stereocenters. The van der Waals surface area contributed by atoms with Crippen LogP contribution < -0.4 is 0 Å². The Labute approximate surface area is 134 Å². The lowest BCUT2D eigenvalue weighted by molar-refractivity contribution is -0.138. The third kappa shape index (κ3) is 3.82. The second-order valence-electron chi connectivity index (χ2n) is 4.19. The van der Waals surface area contributed by atoms with Crippen molar-refractivity contribution in [3.63, 3.8) is 0 Å². The summed E-state index contributed by atoms with van der Waals surface area (Å²) >= 11 is 5.15. The van der Waals surface area contributed by atoms with Crippen LogP contribution in [0.3, 0.4) is 0 Å². The molecule has 0 saturated carbocycles. The largest absolute Gasteiger partial charge is 0.481 e. The van der Waals surface area contributed by atoms with E-state index in [0.717, 1.165) is 5.33 Å². The fourth-order valence-electron chi connectivity index (χ4n) is 1.89. The van der Waals surface area contributed by atoms with Gasteiger partial charge in [0.1, 0.15) is 5.82 Å². The Morgan fingerprint density at radius 2 is 2.37 bits per heavy atom. The minimum absolute atomic E-state index is 0. The fraction of sp³-hybridized carbons (Fsp3) is 0.545. The number of carboxylic acids is 1. The number of alkyl halides is 1. The Hall–Kier alpha value is -0.340. The fourth-order valence-corrected chi connectivity index (χ4v) is 3.79. The zero-order chi connectivity index (χ0) is 13.3. The van der Waals surface area contributed by atoms with Crippen LogP contribution in [0.4, 0.5) is 0 Å². The molecule has 2 heterocycles. The lowest BCUT2D eigenvalue weighted by Crippen LogP contribution is -2.52. The van der Waals surface area contributed by atoms with Gasteiger partial charge in [-0.25, -0.2) is 4.99 Å². The number of fused-ring (bicyclic) bond motifs is 1. The van der Waals surface area contributed by atoms with E-state index < -0.39 is 5.97 Å². The second kappa shape index (κ2) is 6.90. The number of thioether (sulfide) groups is 1. The molecule has 0 radical (unpaired) electrons. The first-order chi connectivity index (χ1) is 8.51. The van der Waals surface area contributed by atoms with Crippen molar-refractivity contribution in [3.8, 4) is 0 Å². The highest BCUT2D eigenvalue weighted by Gasteiger charge is 2.43. The van der Waals surface area contributed by atoms with Crippen molar-refractivity contribution in [1.29, 1.82) is 0 Å². The Balaban J connectivity index is 0.00000180. The number of hydrogen-bond donors (Lipinski definition) is 1. The summed E-state index contributed by atoms with van der Waals surface area (Å²) in [6.45, 7) is 1.67. The summed E-state index contributed by atoms with van der Waals surface area (Å²) < 4.78 is 0. The first-order valence-electron chi connectivity index (χ1n) is 5.52. The number of aliphatic imine (C=N–C) groups is 1. The number of carbonyl (C=O) groups excluding carboxylic acids is 1. The first kappa shape index (κ1) is 16.7. The molecular formula is C11H14Br2N2O3S. The highest BCUT2D eigenvalue weighted by molar-refractivity contribution is 9.09. The first-order valence-corrected chi connectivity index (χ1v) is 7.59. The molecule has 1 amide bonds. The molecular weight excluding hydrogens is 400 g/mol. The van der Waals surface area contributed by atoms with Crippen LogP contribution >= 0.6 is 44.7 Å². The molecule has 1 N–H and O–H groups in total. The maximum Gasteiger partial charge on any atom is 0.309 e. The van der Waals surface area contributed by atoms with Crippen molar-refractivity contribution in [1.82, 2.24) is 4.90 Å². The van der Waals surface area contributed by atoms with Crippen LogP contribution in [0.5, 0.6) is 0 Å². The van der Waals surface area contributed by atoms with Gasteiger partial charge in [-0.15, -0.1) is 28.7 Å². The van der Waals surface area contributed by atoms with Crippen LogP contribution in [-0.4, -0.2) is 43.5 Å². The normalized spacial score (nSPS) is 26.0. The number of halogens is 2. The van der Waals surface area contributed by atoms with Gasteiger partial charge in [-0.05, 0) is 13.0 Å². The van der Waals surface area contributed by atoms with Gasteiger partial charge in [-0.1, -0.05) is 15.9 Å². The van der Waals surface area contributed by atoms with Crippen LogP contribution in [0.2, 0.25) is 0 Å². The van der Waals surface area contributed by atoms with E-state index in [-0.39, 0.29) is 39.9 Å². The Bertz CT molecular complexity index is 453. The third-order valence-electron chi connectivity index (χ3n) is 2.68. The molecule has 0 spiro atoms. The van der Waals surface area contributed by atoms with Crippen LogP contribution in [0.15, 0.2) is 16.9 Å². The SMILES string of the molecule is Br.C/C(CC(=O)O)=N\C1=CC(CBr)S[C@@H]2CC(=O)N12. The lowest BCUT2D eigenvalue weighted by Gasteiger charge is -2.44. The molecule has 0 aromatic rings. The van der Waals surface area contributed by atoms with E-state index in [1.165, 1.54) is 0 Å². The average molecular weight is 414 g/mol. The summed E-state index contributed by atoms with van der Waals surface area (Å²) in [7, 11) is 0. The third-order valence-corrected chi connectivity index (χ3v) is 5.15. The lowest BCUT2D eigenvalue weighted by atomic mass is 10.2. The zero-order valence-electron chi connectivity index (χ0n) is 10.2. The minimum atomic E-state index is -0.912. The molecule has 0 bridgehead atoms. The molecule has 19 heavy (non-hydrogen) atoms. The number of hydrogen-bond acceptors (Lipinski definition) is 4. The van der Waals surface area contributed by atoms with Crippen LogP contribution in [0.1, 0.15) is 19.8 Å². The maximum atomic E-state index is 11.5. The summed E-state index contributed by atoms with van der Waals surface area (Å²) in [5.41, 5.74) is 0.507. The van der Waals surface area contributed by atoms with Crippen molar-refractivity contribution in [3.05, 3.63) is 11.9 Å². The number of β-lactam (4-membered cyclic amide) rings is 1. The van der Waals surface area contributed by atoms with Crippen LogP contribution in [0.25, 0.3) is 0 Å². The van der Waals surface area contributed by atoms with Gasteiger partial charge in [0.15, 0.2) is 0 Å². The van der Waals surface area contributed by atoms with Crippen molar-refractivity contribution in [2.45, 2.75) is 30.4 Å². The van der Waals surface area contributed by atoms with Crippen molar-refractivity contribution < 1.29 is 14.7 Å². The summed E-state index contributed by atoms with van der Waals surface area (Å²) in [6.07, 6.45) is 2.35. The molecule has 2 aliphatic rings. The Kier molecular flexibility index (Phi) is 6.07. The molecule has 2 aliphatic heterocycles. The predicted molar refractivity (Wildman–Crippen MR) is 84.2 cm³/mol. The molecule has 5 nitrogen and oxygen atoms in total. The van der Waals surface area contributed by atoms with Crippen LogP contribution in [-0.2, 0) is 9.59 Å². The van der Waals surface area contributed by atoms with Gasteiger partial charge in [0.05, 0.1) is 18.2 Å². The standard InChI is InChI=1S/C11H13BrN2O3S.BrH/c1-6(2-11(16)17)13-8-3-7(5-12)18-10-4-9(15)14(8)10;/h3,7,10H,2,4-5H2,1H3,(H,16,17);1H/b13-6+;/t7?,10-;/m1./s1. The molecule has 106 valence electrons. The number of carboxylic acid groups (broad SMARTS) is 1. The number of aliphatic carboxylic acids is 1. The van der Waals surface area contributed by atoms with Gasteiger partial charge < -0.3 is 5.11 Å². The average Bonchev–Trinajstić information content (AvgIpc) is 2.25. The van der Waals surface area contributed by atoms with E-state index in [4.69, 9.17) is 5.11 Å². The number of nitrogens with zero attached hydrogens (tertiary/aromatic N) is 2. The number of amides is 1. The van der Waals surface area contributed by atoms with Gasteiger partial charge >= 0.3 is 5.97 Å². The second-order valence-corrected chi connectivity index (χ2v) is 6.26. The summed E-state index contributed by atoms with van der Waals surface area (Å²) in [5, 5.41) is 9.93.